The molecule has 2 heterocycles. The summed E-state index contributed by atoms with van der Waals surface area (Å²) in [6, 6.07) is 3.90. The van der Waals surface area contributed by atoms with Crippen molar-refractivity contribution in [2.24, 2.45) is 0 Å². The van der Waals surface area contributed by atoms with Crippen LogP contribution in [-0.2, 0) is 17.9 Å². The van der Waals surface area contributed by atoms with Crippen LogP contribution in [0.15, 0.2) is 43.1 Å². The molecule has 0 aromatic carbocycles. The van der Waals surface area contributed by atoms with Crippen LogP contribution in [0, 0.1) is 0 Å². The third kappa shape index (κ3) is 4.92. The molecule has 0 atom stereocenters. The van der Waals surface area contributed by atoms with Gasteiger partial charge in [-0.1, -0.05) is 0 Å². The van der Waals surface area contributed by atoms with Gasteiger partial charge < -0.3 is 4.90 Å². The van der Waals surface area contributed by atoms with Crippen molar-refractivity contribution in [1.82, 2.24) is 24.8 Å². The minimum absolute atomic E-state index is 0.0530. The van der Waals surface area contributed by atoms with Gasteiger partial charge in [0.05, 0.1) is 25.0 Å². The maximum atomic E-state index is 12.2. The van der Waals surface area contributed by atoms with Crippen molar-refractivity contribution in [1.29, 1.82) is 0 Å². The molecule has 0 saturated heterocycles. The summed E-state index contributed by atoms with van der Waals surface area (Å²) in [5.41, 5.74) is 1.92. The van der Waals surface area contributed by atoms with E-state index in [1.54, 1.807) is 42.9 Å². The van der Waals surface area contributed by atoms with Gasteiger partial charge in [0.1, 0.15) is 0 Å². The van der Waals surface area contributed by atoms with Crippen molar-refractivity contribution in [3.8, 4) is 0 Å². The second-order valence-electron chi connectivity index (χ2n) is 4.97. The van der Waals surface area contributed by atoms with Crippen LogP contribution in [0.1, 0.15) is 11.3 Å². The molecule has 21 heavy (non-hydrogen) atoms. The summed E-state index contributed by atoms with van der Waals surface area (Å²) in [6.45, 7) is 1.54. The average molecular weight is 285 g/mol. The Balaban J connectivity index is 1.83. The SMILES string of the molecule is CN(CC(=O)N(C)Cc1cnccn1)Cc1ccncc1. The fourth-order valence-corrected chi connectivity index (χ4v) is 1.95. The van der Waals surface area contributed by atoms with Crippen LogP contribution in [0.3, 0.4) is 0 Å². The Morgan fingerprint density at radius 2 is 1.81 bits per heavy atom. The number of nitrogens with zero attached hydrogens (tertiary/aromatic N) is 5. The minimum Gasteiger partial charge on any atom is -0.339 e. The van der Waals surface area contributed by atoms with Crippen LogP contribution in [0.5, 0.6) is 0 Å². The summed E-state index contributed by atoms with van der Waals surface area (Å²) in [4.78, 5) is 28.0. The van der Waals surface area contributed by atoms with Gasteiger partial charge in [-0.25, -0.2) is 0 Å². The van der Waals surface area contributed by atoms with E-state index in [4.69, 9.17) is 0 Å². The third-order valence-corrected chi connectivity index (χ3v) is 3.05. The molecule has 0 saturated carbocycles. The Morgan fingerprint density at radius 1 is 1.05 bits per heavy atom. The number of hydrogen-bond donors (Lipinski definition) is 0. The lowest BCUT2D eigenvalue weighted by molar-refractivity contribution is -0.131. The van der Waals surface area contributed by atoms with E-state index in [9.17, 15) is 4.79 Å². The number of aromatic nitrogens is 3. The van der Waals surface area contributed by atoms with E-state index in [1.165, 1.54) is 0 Å². The van der Waals surface area contributed by atoms with Gasteiger partial charge in [0, 0.05) is 38.4 Å². The van der Waals surface area contributed by atoms with Gasteiger partial charge in [0.2, 0.25) is 5.91 Å². The fourth-order valence-electron chi connectivity index (χ4n) is 1.95. The molecule has 2 rings (SSSR count). The van der Waals surface area contributed by atoms with Gasteiger partial charge in [-0.3, -0.25) is 24.6 Å². The molecule has 6 heteroatoms. The Labute approximate surface area is 124 Å². The van der Waals surface area contributed by atoms with E-state index >= 15 is 0 Å². The van der Waals surface area contributed by atoms with Crippen LogP contribution in [0.2, 0.25) is 0 Å². The minimum atomic E-state index is 0.0530. The Morgan fingerprint density at radius 3 is 2.48 bits per heavy atom. The highest BCUT2D eigenvalue weighted by atomic mass is 16.2. The predicted octanol–water partition coefficient (Wildman–Crippen LogP) is 0.962. The molecule has 6 nitrogen and oxygen atoms in total. The Bertz CT molecular complexity index is 561. The van der Waals surface area contributed by atoms with E-state index in [-0.39, 0.29) is 5.91 Å². The number of amides is 1. The molecule has 0 unspecified atom stereocenters. The molecular weight excluding hydrogens is 266 g/mol. The normalized spacial score (nSPS) is 10.6. The number of carbonyl (C=O) groups is 1. The molecule has 0 aliphatic carbocycles. The molecule has 0 aliphatic heterocycles. The first-order chi connectivity index (χ1) is 10.1. The molecule has 0 N–H and O–H groups in total. The summed E-state index contributed by atoms with van der Waals surface area (Å²) in [5, 5.41) is 0. The van der Waals surface area contributed by atoms with Gasteiger partial charge in [-0.15, -0.1) is 0 Å². The second kappa shape index (κ2) is 7.44. The highest BCUT2D eigenvalue weighted by molar-refractivity contribution is 5.77. The van der Waals surface area contributed by atoms with E-state index in [1.807, 2.05) is 24.1 Å². The van der Waals surface area contributed by atoms with E-state index in [2.05, 4.69) is 15.0 Å². The maximum absolute atomic E-state index is 12.2. The number of pyridine rings is 1. The van der Waals surface area contributed by atoms with Crippen molar-refractivity contribution in [2.45, 2.75) is 13.1 Å². The number of hydrogen-bond acceptors (Lipinski definition) is 5. The quantitative estimate of drug-likeness (QED) is 0.791. The van der Waals surface area contributed by atoms with Crippen molar-refractivity contribution in [3.05, 3.63) is 54.4 Å². The van der Waals surface area contributed by atoms with Crippen molar-refractivity contribution >= 4 is 5.91 Å². The van der Waals surface area contributed by atoms with Crippen molar-refractivity contribution in [3.63, 3.8) is 0 Å². The Hall–Kier alpha value is -2.34. The second-order valence-corrected chi connectivity index (χ2v) is 4.97. The molecule has 0 fully saturated rings. The highest BCUT2D eigenvalue weighted by Crippen LogP contribution is 2.03. The molecule has 2 aromatic rings. The fraction of sp³-hybridized carbons (Fsp3) is 0.333. The smallest absolute Gasteiger partial charge is 0.236 e. The van der Waals surface area contributed by atoms with Crippen LogP contribution >= 0.6 is 0 Å². The highest BCUT2D eigenvalue weighted by Gasteiger charge is 2.12. The zero-order chi connectivity index (χ0) is 15.1. The Kier molecular flexibility index (Phi) is 5.34. The lowest BCUT2D eigenvalue weighted by atomic mass is 10.2. The molecule has 0 bridgehead atoms. The van der Waals surface area contributed by atoms with Crippen LogP contribution < -0.4 is 0 Å². The summed E-state index contributed by atoms with van der Waals surface area (Å²) in [5.74, 6) is 0.0530. The standard InChI is InChI=1S/C15H19N5O/c1-19(10-13-3-5-16-6-4-13)12-15(21)20(2)11-14-9-17-7-8-18-14/h3-9H,10-12H2,1-2H3. The molecular formula is C15H19N5O. The first kappa shape index (κ1) is 15.1. The van der Waals surface area contributed by atoms with Gasteiger partial charge >= 0.3 is 0 Å². The average Bonchev–Trinajstić information content (AvgIpc) is 2.49. The monoisotopic (exact) mass is 285 g/mol. The predicted molar refractivity (Wildman–Crippen MR) is 79.1 cm³/mol. The molecule has 1 amide bonds. The molecule has 0 aliphatic rings. The van der Waals surface area contributed by atoms with Crippen molar-refractivity contribution in [2.75, 3.05) is 20.6 Å². The van der Waals surface area contributed by atoms with Crippen molar-refractivity contribution < 1.29 is 4.79 Å². The largest absolute Gasteiger partial charge is 0.339 e. The van der Waals surface area contributed by atoms with Crippen LogP contribution in [0.25, 0.3) is 0 Å². The summed E-state index contributed by atoms with van der Waals surface area (Å²) < 4.78 is 0. The van der Waals surface area contributed by atoms with E-state index < -0.39 is 0 Å². The number of rotatable bonds is 6. The van der Waals surface area contributed by atoms with E-state index in [0.29, 0.717) is 19.6 Å². The zero-order valence-electron chi connectivity index (χ0n) is 12.3. The summed E-state index contributed by atoms with van der Waals surface area (Å²) in [6.07, 6.45) is 8.43. The summed E-state index contributed by atoms with van der Waals surface area (Å²) >= 11 is 0. The zero-order valence-corrected chi connectivity index (χ0v) is 12.3. The van der Waals surface area contributed by atoms with Gasteiger partial charge in [0.25, 0.3) is 0 Å². The lowest BCUT2D eigenvalue weighted by Crippen LogP contribution is -2.36. The van der Waals surface area contributed by atoms with Gasteiger partial charge in [-0.05, 0) is 24.7 Å². The lowest BCUT2D eigenvalue weighted by Gasteiger charge is -2.21. The molecule has 0 spiro atoms. The maximum Gasteiger partial charge on any atom is 0.236 e. The summed E-state index contributed by atoms with van der Waals surface area (Å²) in [7, 11) is 3.70. The first-order valence-electron chi connectivity index (χ1n) is 6.71. The third-order valence-electron chi connectivity index (χ3n) is 3.05. The molecule has 110 valence electrons. The van der Waals surface area contributed by atoms with Crippen LogP contribution in [0.4, 0.5) is 0 Å². The molecule has 0 radical (unpaired) electrons. The number of likely N-dealkylation sites (N-methyl/N-ethyl adjacent to an activating group) is 2. The van der Waals surface area contributed by atoms with E-state index in [0.717, 1.165) is 11.3 Å². The van der Waals surface area contributed by atoms with Crippen LogP contribution in [-0.4, -0.2) is 51.3 Å². The molecule has 2 aromatic heterocycles. The first-order valence-corrected chi connectivity index (χ1v) is 6.71. The number of carbonyl (C=O) groups excluding carboxylic acids is 1. The topological polar surface area (TPSA) is 62.2 Å². The van der Waals surface area contributed by atoms with Gasteiger partial charge in [-0.2, -0.15) is 0 Å². The van der Waals surface area contributed by atoms with Gasteiger partial charge in [0.15, 0.2) is 0 Å².